The van der Waals surface area contributed by atoms with Gasteiger partial charge >= 0.3 is 0 Å². The molecule has 4 heteroatoms. The Kier molecular flexibility index (Phi) is 45.9. The molecule has 0 N–H and O–H groups in total. The molecule has 0 rings (SSSR count). The van der Waals surface area contributed by atoms with Crippen molar-refractivity contribution in [3.05, 3.63) is 0 Å². The maximum atomic E-state index is 12.2. The molecule has 0 saturated heterocycles. The number of hydrogen-bond acceptors (Lipinski definition) is 3. The van der Waals surface area contributed by atoms with Gasteiger partial charge in [0.15, 0.2) is 0 Å². The zero-order valence-corrected chi connectivity index (χ0v) is 40.1. The van der Waals surface area contributed by atoms with Crippen LogP contribution in [-0.4, -0.2) is 20.8 Å². The van der Waals surface area contributed by atoms with Gasteiger partial charge in [-0.25, -0.2) is 0 Å². The molecule has 0 radical (unpaired) electrons. The van der Waals surface area contributed by atoms with Crippen molar-refractivity contribution >= 4 is 10.1 Å². The summed E-state index contributed by atoms with van der Waals surface area (Å²) >= 11 is 0. The van der Waals surface area contributed by atoms with Gasteiger partial charge in [0.2, 0.25) is 0 Å². The van der Waals surface area contributed by atoms with Gasteiger partial charge in [0.05, 0.1) is 12.4 Å². The minimum atomic E-state index is -3.42. The molecule has 1 unspecified atom stereocenters. The third kappa shape index (κ3) is 46.6. The molecule has 0 fully saturated rings. The van der Waals surface area contributed by atoms with Crippen LogP contribution in [0.1, 0.15) is 316 Å². The second-order valence-electron chi connectivity index (χ2n) is 18.7. The van der Waals surface area contributed by atoms with E-state index in [4.69, 9.17) is 4.18 Å². The van der Waals surface area contributed by atoms with E-state index in [2.05, 4.69) is 20.8 Å². The fraction of sp³-hybridized carbons (Fsp3) is 1.00. The molecule has 338 valence electrons. The Morgan fingerprint density at radius 3 is 0.732 bits per heavy atom. The molecule has 0 amide bonds. The summed E-state index contributed by atoms with van der Waals surface area (Å²) in [6.45, 7) is 6.90. The second-order valence-corrected chi connectivity index (χ2v) is 20.3. The smallest absolute Gasteiger partial charge is 0.264 e. The van der Waals surface area contributed by atoms with E-state index in [0.717, 1.165) is 31.6 Å². The van der Waals surface area contributed by atoms with Gasteiger partial charge in [0.25, 0.3) is 10.1 Å². The lowest BCUT2D eigenvalue weighted by atomic mass is 9.89. The largest absolute Gasteiger partial charge is 0.267 e. The van der Waals surface area contributed by atoms with Crippen LogP contribution in [0.2, 0.25) is 0 Å². The minimum Gasteiger partial charge on any atom is -0.267 e. The van der Waals surface area contributed by atoms with Gasteiger partial charge in [-0.2, -0.15) is 8.42 Å². The second kappa shape index (κ2) is 46.0. The first-order valence-corrected chi connectivity index (χ1v) is 28.1. The van der Waals surface area contributed by atoms with Crippen LogP contribution in [0.3, 0.4) is 0 Å². The molecule has 0 aromatic carbocycles. The first kappa shape index (κ1) is 55.9. The summed E-state index contributed by atoms with van der Waals surface area (Å²) in [5.41, 5.74) is 0. The summed E-state index contributed by atoms with van der Waals surface area (Å²) in [6, 6.07) is 0. The lowest BCUT2D eigenvalue weighted by Gasteiger charge is -2.20. The standard InChI is InChI=1S/C52H106O3S/c1-5-8-11-14-17-20-23-26-27-28-29-32-35-38-41-44-49-52(55-56(4,53)54)50-45-48-51(46-42-39-36-33-30-24-21-18-15-12-9-6-2)47-43-40-37-34-31-25-22-19-16-13-10-7-3/h51-52H,5-50H2,1-4H3. The molecule has 56 heavy (non-hydrogen) atoms. The van der Waals surface area contributed by atoms with Crippen molar-refractivity contribution in [3.8, 4) is 0 Å². The highest BCUT2D eigenvalue weighted by Crippen LogP contribution is 2.26. The molecule has 0 saturated carbocycles. The van der Waals surface area contributed by atoms with Gasteiger partial charge in [0, 0.05) is 0 Å². The lowest BCUT2D eigenvalue weighted by molar-refractivity contribution is 0.178. The summed E-state index contributed by atoms with van der Waals surface area (Å²) in [5, 5.41) is 0. The Hall–Kier alpha value is -0.0900. The average Bonchev–Trinajstić information content (AvgIpc) is 3.17. The van der Waals surface area contributed by atoms with E-state index in [1.54, 1.807) is 0 Å². The third-order valence-corrected chi connectivity index (χ3v) is 13.4. The maximum absolute atomic E-state index is 12.2. The van der Waals surface area contributed by atoms with Crippen LogP contribution < -0.4 is 0 Å². The van der Waals surface area contributed by atoms with Gasteiger partial charge in [-0.15, -0.1) is 0 Å². The van der Waals surface area contributed by atoms with Crippen LogP contribution >= 0.6 is 0 Å². The van der Waals surface area contributed by atoms with Crippen LogP contribution in [-0.2, 0) is 14.3 Å². The van der Waals surface area contributed by atoms with E-state index in [1.807, 2.05) is 0 Å². The van der Waals surface area contributed by atoms with Gasteiger partial charge in [-0.05, 0) is 18.8 Å². The van der Waals surface area contributed by atoms with Crippen LogP contribution in [0.15, 0.2) is 0 Å². The highest BCUT2D eigenvalue weighted by Gasteiger charge is 2.17. The Morgan fingerprint density at radius 2 is 0.482 bits per heavy atom. The van der Waals surface area contributed by atoms with E-state index in [9.17, 15) is 8.42 Å². The summed E-state index contributed by atoms with van der Waals surface area (Å²) in [4.78, 5) is 0. The SMILES string of the molecule is CCCCCCCCCCCCCCCCCCC(CCCC(CCCCCCCCCCCCCC)CCCCCCCCCCCCCC)OS(C)(=O)=O. The average molecular weight is 811 g/mol. The van der Waals surface area contributed by atoms with Crippen molar-refractivity contribution in [3.63, 3.8) is 0 Å². The molecular weight excluding hydrogens is 705 g/mol. The maximum Gasteiger partial charge on any atom is 0.264 e. The highest BCUT2D eigenvalue weighted by molar-refractivity contribution is 7.86. The van der Waals surface area contributed by atoms with Crippen LogP contribution in [0.5, 0.6) is 0 Å². The third-order valence-electron chi connectivity index (χ3n) is 12.8. The van der Waals surface area contributed by atoms with Gasteiger partial charge in [-0.1, -0.05) is 303 Å². The minimum absolute atomic E-state index is 0.129. The van der Waals surface area contributed by atoms with Gasteiger partial charge in [-0.3, -0.25) is 4.18 Å². The van der Waals surface area contributed by atoms with Crippen molar-refractivity contribution in [2.24, 2.45) is 5.92 Å². The molecule has 0 heterocycles. The predicted octanol–water partition coefficient (Wildman–Crippen LogP) is 19.0. The molecule has 0 aliphatic carbocycles. The molecule has 0 aliphatic rings. The quantitative estimate of drug-likeness (QED) is 0.0454. The molecular formula is C52H106O3S. The van der Waals surface area contributed by atoms with E-state index >= 15 is 0 Å². The Labute approximate surface area is 355 Å². The zero-order chi connectivity index (χ0) is 40.9. The lowest BCUT2D eigenvalue weighted by Crippen LogP contribution is -2.18. The van der Waals surface area contributed by atoms with E-state index in [0.29, 0.717) is 0 Å². The summed E-state index contributed by atoms with van der Waals surface area (Å²) in [5.74, 6) is 0.802. The fourth-order valence-corrected chi connectivity index (χ4v) is 9.71. The van der Waals surface area contributed by atoms with Crippen molar-refractivity contribution in [1.29, 1.82) is 0 Å². The topological polar surface area (TPSA) is 43.4 Å². The molecule has 0 bridgehead atoms. The van der Waals surface area contributed by atoms with E-state index in [1.165, 1.54) is 276 Å². The van der Waals surface area contributed by atoms with Crippen molar-refractivity contribution in [2.75, 3.05) is 6.26 Å². The highest BCUT2D eigenvalue weighted by atomic mass is 32.2. The van der Waals surface area contributed by atoms with Gasteiger partial charge < -0.3 is 0 Å². The van der Waals surface area contributed by atoms with Crippen LogP contribution in [0, 0.1) is 5.92 Å². The number of hydrogen-bond donors (Lipinski definition) is 0. The fourth-order valence-electron chi connectivity index (χ4n) is 9.02. The molecule has 1 atom stereocenters. The summed E-state index contributed by atoms with van der Waals surface area (Å²) in [7, 11) is -3.42. The van der Waals surface area contributed by atoms with Crippen LogP contribution in [0.25, 0.3) is 0 Å². The first-order chi connectivity index (χ1) is 27.4. The van der Waals surface area contributed by atoms with E-state index in [-0.39, 0.29) is 6.10 Å². The van der Waals surface area contributed by atoms with Crippen molar-refractivity contribution in [2.45, 2.75) is 322 Å². The Bertz CT molecular complexity index is 798. The van der Waals surface area contributed by atoms with Crippen LogP contribution in [0.4, 0.5) is 0 Å². The normalized spacial score (nSPS) is 12.7. The van der Waals surface area contributed by atoms with Crippen molar-refractivity contribution in [1.82, 2.24) is 0 Å². The summed E-state index contributed by atoms with van der Waals surface area (Å²) in [6.07, 6.45) is 63.8. The molecule has 0 aliphatic heterocycles. The predicted molar refractivity (Wildman–Crippen MR) is 253 cm³/mol. The van der Waals surface area contributed by atoms with Gasteiger partial charge in [0.1, 0.15) is 0 Å². The first-order valence-electron chi connectivity index (χ1n) is 26.3. The van der Waals surface area contributed by atoms with Crippen molar-refractivity contribution < 1.29 is 12.6 Å². The Morgan fingerprint density at radius 1 is 0.286 bits per heavy atom. The summed E-state index contributed by atoms with van der Waals surface area (Å²) < 4.78 is 30.0. The van der Waals surface area contributed by atoms with E-state index < -0.39 is 10.1 Å². The zero-order valence-electron chi connectivity index (χ0n) is 39.3. The number of rotatable bonds is 49. The Balaban J connectivity index is 4.39. The molecule has 3 nitrogen and oxygen atoms in total. The number of unbranched alkanes of at least 4 members (excludes halogenated alkanes) is 37. The molecule has 0 aromatic heterocycles. The monoisotopic (exact) mass is 811 g/mol. The molecule has 0 aromatic rings. The molecule has 0 spiro atoms.